The highest BCUT2D eigenvalue weighted by Crippen LogP contribution is 2.60. The number of aromatic hydroxyl groups is 1. The summed E-state index contributed by atoms with van der Waals surface area (Å²) in [5.74, 6) is -2.72. The van der Waals surface area contributed by atoms with E-state index in [0.717, 1.165) is 11.3 Å². The zero-order chi connectivity index (χ0) is 17.3. The van der Waals surface area contributed by atoms with Crippen molar-refractivity contribution in [1.82, 2.24) is 0 Å². The number of fused-ring (bicyclic) bond motifs is 5. The van der Waals surface area contributed by atoms with Crippen LogP contribution in [0.1, 0.15) is 16.8 Å². The van der Waals surface area contributed by atoms with Crippen LogP contribution in [0.5, 0.6) is 5.75 Å². The molecule has 0 aromatic heterocycles. The molecule has 2 bridgehead atoms. The molecule has 2 aliphatic carbocycles. The Morgan fingerprint density at radius 3 is 2.08 bits per heavy atom. The number of phenols is 1. The maximum absolute atomic E-state index is 12.8. The second-order valence-corrected chi connectivity index (χ2v) is 8.64. The van der Waals surface area contributed by atoms with Crippen LogP contribution >= 0.6 is 31.9 Å². The number of carboxylic acids is 1. The number of hydrogen-bond donors (Lipinski definition) is 2. The Bertz CT molecular complexity index is 750. The number of anilines is 1. The summed E-state index contributed by atoms with van der Waals surface area (Å²) in [6.45, 7) is 0. The first kappa shape index (κ1) is 16.1. The minimum atomic E-state index is -1.27. The summed E-state index contributed by atoms with van der Waals surface area (Å²) in [5.41, 5.74) is -0.0438. The van der Waals surface area contributed by atoms with Gasteiger partial charge in [0.25, 0.3) is 0 Å². The highest BCUT2D eigenvalue weighted by molar-refractivity contribution is 9.12. The van der Waals surface area contributed by atoms with Gasteiger partial charge in [0.2, 0.25) is 11.8 Å². The van der Waals surface area contributed by atoms with E-state index in [-0.39, 0.29) is 56.4 Å². The number of hydrogen-bond acceptors (Lipinski definition) is 4. The Balaban J connectivity index is 1.72. The molecule has 2 N–H and O–H groups in total. The molecule has 6 nitrogen and oxygen atoms in total. The molecule has 0 radical (unpaired) electrons. The van der Waals surface area contributed by atoms with Crippen molar-refractivity contribution in [3.05, 3.63) is 23.8 Å². The van der Waals surface area contributed by atoms with Gasteiger partial charge in [-0.1, -0.05) is 31.9 Å². The predicted molar refractivity (Wildman–Crippen MR) is 91.6 cm³/mol. The van der Waals surface area contributed by atoms with Gasteiger partial charge in [-0.05, 0) is 30.4 Å². The second-order valence-electron chi connectivity index (χ2n) is 6.52. The Morgan fingerprint density at radius 1 is 1.08 bits per heavy atom. The molecular formula is C16H13Br2NO5. The van der Waals surface area contributed by atoms with E-state index in [1.54, 1.807) is 0 Å². The maximum atomic E-state index is 12.8. The lowest BCUT2D eigenvalue weighted by atomic mass is 9.81. The van der Waals surface area contributed by atoms with E-state index < -0.39 is 11.7 Å². The maximum Gasteiger partial charge on any atom is 0.339 e. The van der Waals surface area contributed by atoms with Gasteiger partial charge in [0, 0.05) is 15.7 Å². The van der Waals surface area contributed by atoms with Gasteiger partial charge in [-0.15, -0.1) is 0 Å². The number of alkyl halides is 2. The number of rotatable bonds is 2. The topological polar surface area (TPSA) is 94.9 Å². The number of carboxylic acid groups (broad SMARTS) is 1. The number of imide groups is 1. The second kappa shape index (κ2) is 5.29. The number of halogens is 2. The van der Waals surface area contributed by atoms with Crippen molar-refractivity contribution >= 4 is 55.3 Å². The van der Waals surface area contributed by atoms with E-state index in [4.69, 9.17) is 5.11 Å². The summed E-state index contributed by atoms with van der Waals surface area (Å²) in [6.07, 6.45) is 0.843. The molecule has 1 aliphatic heterocycles. The highest BCUT2D eigenvalue weighted by atomic mass is 79.9. The molecule has 6 atom stereocenters. The van der Waals surface area contributed by atoms with Gasteiger partial charge in [0.1, 0.15) is 11.3 Å². The monoisotopic (exact) mass is 457 g/mol. The molecule has 8 heteroatoms. The van der Waals surface area contributed by atoms with Crippen molar-refractivity contribution in [3.8, 4) is 5.75 Å². The van der Waals surface area contributed by atoms with Crippen LogP contribution < -0.4 is 4.90 Å². The number of carbonyl (C=O) groups excluding carboxylic acids is 2. The van der Waals surface area contributed by atoms with E-state index in [2.05, 4.69) is 31.9 Å². The Labute approximate surface area is 154 Å². The third kappa shape index (κ3) is 1.95. The number of nitrogens with zero attached hydrogens (tertiary/aromatic N) is 1. The molecule has 3 aliphatic rings. The SMILES string of the molecule is O=C(O)c1ccc(N2C(=O)[C@@H]3[C@H]4C[C@@H]([C@@H](Br)[C@H]4Br)[C@H]3C2=O)cc1O. The number of benzene rings is 1. The first-order valence-corrected chi connectivity index (χ1v) is 9.38. The van der Waals surface area contributed by atoms with Crippen LogP contribution in [0.3, 0.4) is 0 Å². The molecule has 1 heterocycles. The van der Waals surface area contributed by atoms with Crippen LogP contribution in [0.15, 0.2) is 18.2 Å². The van der Waals surface area contributed by atoms with E-state index in [9.17, 15) is 19.5 Å². The highest BCUT2D eigenvalue weighted by Gasteiger charge is 2.66. The minimum absolute atomic E-state index is 0.109. The number of aromatic carboxylic acids is 1. The average molecular weight is 459 g/mol. The summed E-state index contributed by atoms with van der Waals surface area (Å²) in [4.78, 5) is 38.1. The van der Waals surface area contributed by atoms with E-state index in [1.807, 2.05) is 0 Å². The molecule has 2 amide bonds. The standard InChI is InChI=1S/C16H13Br2NO5/c17-12-7-4-8(13(12)18)11-10(7)14(21)19(15(11)22)5-1-2-6(16(23)24)9(20)3-5/h1-3,7-8,10-13,20H,4H2,(H,23,24)/t7-,8-,10-,11-,12-,13+/m1/s1. The third-order valence-electron chi connectivity index (χ3n) is 5.46. The van der Waals surface area contributed by atoms with E-state index >= 15 is 0 Å². The van der Waals surface area contributed by atoms with Crippen molar-refractivity contribution in [2.45, 2.75) is 16.1 Å². The van der Waals surface area contributed by atoms with Crippen molar-refractivity contribution in [2.75, 3.05) is 4.90 Å². The lowest BCUT2D eigenvalue weighted by molar-refractivity contribution is -0.123. The predicted octanol–water partition coefficient (Wildman–Crippen LogP) is 2.37. The van der Waals surface area contributed by atoms with Gasteiger partial charge in [-0.2, -0.15) is 0 Å². The first-order valence-electron chi connectivity index (χ1n) is 7.55. The van der Waals surface area contributed by atoms with Crippen LogP contribution in [0, 0.1) is 23.7 Å². The molecule has 1 aromatic rings. The summed E-state index contributed by atoms with van der Waals surface area (Å²) >= 11 is 7.25. The lowest BCUT2D eigenvalue weighted by Crippen LogP contribution is -2.37. The minimum Gasteiger partial charge on any atom is -0.507 e. The molecule has 1 aromatic carbocycles. The van der Waals surface area contributed by atoms with E-state index in [1.165, 1.54) is 18.2 Å². The Morgan fingerprint density at radius 2 is 1.62 bits per heavy atom. The van der Waals surface area contributed by atoms with Gasteiger partial charge in [-0.3, -0.25) is 9.59 Å². The molecule has 4 rings (SSSR count). The van der Waals surface area contributed by atoms with Crippen LogP contribution in [0.2, 0.25) is 0 Å². The first-order chi connectivity index (χ1) is 11.3. The fourth-order valence-electron chi connectivity index (χ4n) is 4.44. The van der Waals surface area contributed by atoms with Gasteiger partial charge < -0.3 is 10.2 Å². The van der Waals surface area contributed by atoms with Gasteiger partial charge in [0.05, 0.1) is 17.5 Å². The molecule has 3 fully saturated rings. The zero-order valence-corrected chi connectivity index (χ0v) is 15.4. The lowest BCUT2D eigenvalue weighted by Gasteiger charge is -2.28. The summed E-state index contributed by atoms with van der Waals surface area (Å²) < 4.78 is 0. The van der Waals surface area contributed by atoms with Gasteiger partial charge in [0.15, 0.2) is 0 Å². The number of amides is 2. The third-order valence-corrected chi connectivity index (χ3v) is 8.66. The molecular weight excluding hydrogens is 446 g/mol. The van der Waals surface area contributed by atoms with Crippen molar-refractivity contribution in [1.29, 1.82) is 0 Å². The zero-order valence-electron chi connectivity index (χ0n) is 12.2. The molecule has 24 heavy (non-hydrogen) atoms. The summed E-state index contributed by atoms with van der Waals surface area (Å²) in [7, 11) is 0. The quantitative estimate of drug-likeness (QED) is 0.524. The fraction of sp³-hybridized carbons (Fsp3) is 0.438. The average Bonchev–Trinajstić information content (AvgIpc) is 3.12. The van der Waals surface area contributed by atoms with Crippen molar-refractivity contribution in [2.24, 2.45) is 23.7 Å². The molecule has 2 saturated carbocycles. The fourth-order valence-corrected chi connectivity index (χ4v) is 6.32. The Kier molecular flexibility index (Phi) is 3.55. The van der Waals surface area contributed by atoms with Crippen molar-refractivity contribution in [3.63, 3.8) is 0 Å². The van der Waals surface area contributed by atoms with Crippen LogP contribution in [0.4, 0.5) is 5.69 Å². The smallest absolute Gasteiger partial charge is 0.339 e. The molecule has 0 unspecified atom stereocenters. The Hall–Kier alpha value is -1.41. The molecule has 0 spiro atoms. The van der Waals surface area contributed by atoms with Gasteiger partial charge in [-0.25, -0.2) is 9.69 Å². The molecule has 1 saturated heterocycles. The molecule has 126 valence electrons. The summed E-state index contributed by atoms with van der Waals surface area (Å²) in [5, 5.41) is 18.8. The normalized spacial score (nSPS) is 37.2. The van der Waals surface area contributed by atoms with Crippen LogP contribution in [-0.2, 0) is 9.59 Å². The van der Waals surface area contributed by atoms with Crippen molar-refractivity contribution < 1.29 is 24.6 Å². The summed E-state index contributed by atoms with van der Waals surface area (Å²) in [6, 6.07) is 3.76. The van der Waals surface area contributed by atoms with Crippen LogP contribution in [0.25, 0.3) is 0 Å². The van der Waals surface area contributed by atoms with E-state index in [0.29, 0.717) is 0 Å². The largest absolute Gasteiger partial charge is 0.507 e. The van der Waals surface area contributed by atoms with Gasteiger partial charge >= 0.3 is 5.97 Å². The van der Waals surface area contributed by atoms with Crippen LogP contribution in [-0.4, -0.2) is 37.7 Å². The number of carbonyl (C=O) groups is 3.